The lowest BCUT2D eigenvalue weighted by molar-refractivity contribution is -0.130. The van der Waals surface area contributed by atoms with E-state index >= 15 is 0 Å². The van der Waals surface area contributed by atoms with Crippen molar-refractivity contribution in [3.8, 4) is 6.07 Å². The Labute approximate surface area is 269 Å². The molecule has 2 fully saturated rings. The van der Waals surface area contributed by atoms with E-state index in [0.29, 0.717) is 55.1 Å². The van der Waals surface area contributed by atoms with Gasteiger partial charge in [-0.1, -0.05) is 12.1 Å². The molecule has 2 atom stereocenters. The van der Waals surface area contributed by atoms with Gasteiger partial charge >= 0.3 is 0 Å². The van der Waals surface area contributed by atoms with E-state index in [1.807, 2.05) is 36.4 Å². The van der Waals surface area contributed by atoms with Gasteiger partial charge in [0, 0.05) is 51.9 Å². The molecule has 2 aliphatic carbocycles. The van der Waals surface area contributed by atoms with Crippen molar-refractivity contribution in [1.82, 2.24) is 40.6 Å². The molecule has 3 amide bonds. The Kier molecular flexibility index (Phi) is 8.61. The summed E-state index contributed by atoms with van der Waals surface area (Å²) in [6.45, 7) is 0.736. The number of hydrogen-bond donors (Lipinski definition) is 2. The Morgan fingerprint density at radius 2 is 1.61 bits per heavy atom. The number of amides is 3. The van der Waals surface area contributed by atoms with Crippen LogP contribution in [0.15, 0.2) is 36.4 Å². The van der Waals surface area contributed by atoms with E-state index in [1.165, 1.54) is 0 Å². The number of hydrogen-bond acceptors (Lipinski definition) is 8. The zero-order valence-electron chi connectivity index (χ0n) is 26.9. The summed E-state index contributed by atoms with van der Waals surface area (Å²) in [5, 5.41) is 28.8. The Hall–Kier alpha value is -4.63. The molecule has 12 heteroatoms. The molecular weight excluding hydrogens is 582 g/mol. The molecule has 0 unspecified atom stereocenters. The smallest absolute Gasteiger partial charge is 0.253 e. The van der Waals surface area contributed by atoms with Crippen LogP contribution in [0.25, 0.3) is 0 Å². The van der Waals surface area contributed by atoms with Crippen LogP contribution < -0.4 is 5.32 Å². The van der Waals surface area contributed by atoms with E-state index in [0.717, 1.165) is 41.5 Å². The summed E-state index contributed by atoms with van der Waals surface area (Å²) in [7, 11) is 6.97. The zero-order chi connectivity index (χ0) is 32.6. The number of aromatic nitrogens is 4. The van der Waals surface area contributed by atoms with E-state index in [1.54, 1.807) is 42.9 Å². The maximum Gasteiger partial charge on any atom is 0.253 e. The van der Waals surface area contributed by atoms with Crippen molar-refractivity contribution in [2.45, 2.75) is 62.4 Å². The largest absolute Gasteiger partial charge is 0.345 e. The number of rotatable bonds is 9. The lowest BCUT2D eigenvalue weighted by Crippen LogP contribution is -2.47. The summed E-state index contributed by atoms with van der Waals surface area (Å²) < 4.78 is 0. The maximum absolute atomic E-state index is 13.3. The summed E-state index contributed by atoms with van der Waals surface area (Å²) >= 11 is 0. The highest BCUT2D eigenvalue weighted by atomic mass is 16.2. The van der Waals surface area contributed by atoms with Gasteiger partial charge in [0.2, 0.25) is 5.91 Å². The van der Waals surface area contributed by atoms with Gasteiger partial charge in [-0.2, -0.15) is 5.26 Å². The predicted molar refractivity (Wildman–Crippen MR) is 170 cm³/mol. The number of aromatic amines is 1. The Morgan fingerprint density at radius 1 is 1.00 bits per heavy atom. The van der Waals surface area contributed by atoms with Crippen LogP contribution in [0.3, 0.4) is 0 Å². The van der Waals surface area contributed by atoms with Gasteiger partial charge in [0.25, 0.3) is 11.8 Å². The van der Waals surface area contributed by atoms with E-state index in [-0.39, 0.29) is 36.3 Å². The lowest BCUT2D eigenvalue weighted by atomic mass is 9.67. The highest BCUT2D eigenvalue weighted by molar-refractivity contribution is 5.95. The molecule has 1 saturated carbocycles. The second-order valence-electron chi connectivity index (χ2n) is 13.2. The number of aryl methyl sites for hydroxylation is 2. The second-order valence-corrected chi connectivity index (χ2v) is 13.2. The fourth-order valence-corrected chi connectivity index (χ4v) is 7.30. The number of nitrogens with zero attached hydrogens (tertiary/aromatic N) is 7. The first-order valence-electron chi connectivity index (χ1n) is 16.0. The molecule has 6 rings (SSSR count). The first kappa shape index (κ1) is 31.4. The number of nitriles is 1. The average molecular weight is 624 g/mol. The van der Waals surface area contributed by atoms with Crippen molar-refractivity contribution in [2.75, 3.05) is 41.3 Å². The van der Waals surface area contributed by atoms with Crippen molar-refractivity contribution in [2.24, 2.45) is 5.92 Å². The fourth-order valence-electron chi connectivity index (χ4n) is 7.30. The van der Waals surface area contributed by atoms with Crippen molar-refractivity contribution in [3.05, 3.63) is 75.6 Å². The first-order chi connectivity index (χ1) is 22.1. The molecule has 240 valence electrons. The molecule has 2 N–H and O–H groups in total. The predicted octanol–water partition coefficient (Wildman–Crippen LogP) is 2.31. The molecule has 1 saturated heterocycles. The molecule has 3 aromatic rings. The average Bonchev–Trinajstić information content (AvgIpc) is 3.56. The maximum atomic E-state index is 13.3. The molecule has 0 bridgehead atoms. The zero-order valence-corrected chi connectivity index (χ0v) is 26.9. The topological polar surface area (TPSA) is 151 Å². The van der Waals surface area contributed by atoms with Crippen molar-refractivity contribution in [1.29, 1.82) is 5.26 Å². The molecule has 3 aliphatic rings. The first-order valence-corrected chi connectivity index (χ1v) is 16.0. The van der Waals surface area contributed by atoms with Crippen molar-refractivity contribution < 1.29 is 14.4 Å². The highest BCUT2D eigenvalue weighted by Crippen LogP contribution is 2.49. The number of carbonyl (C=O) groups excluding carboxylic acids is 3. The number of likely N-dealkylation sites (tertiary alicyclic amines) is 1. The summed E-state index contributed by atoms with van der Waals surface area (Å²) in [5.41, 5.74) is 4.35. The molecule has 46 heavy (non-hydrogen) atoms. The van der Waals surface area contributed by atoms with Crippen LogP contribution in [0.1, 0.15) is 80.9 Å². The third-order valence-corrected chi connectivity index (χ3v) is 9.80. The number of carbonyl (C=O) groups is 3. The SMILES string of the molecule is CN(C)C(=O)c1ccc2c(c1)CCc1cc(C(=O)N(C)C)ccc1C2(C[C@@H](NCC(=O)N1CCC[C@H]1C#N)C1CC1)c1nnn[nH]1. The van der Waals surface area contributed by atoms with Gasteiger partial charge < -0.3 is 20.0 Å². The minimum absolute atomic E-state index is 0.0644. The summed E-state index contributed by atoms with van der Waals surface area (Å²) in [6, 6.07) is 13.6. The quantitative estimate of drug-likeness (QED) is 0.369. The molecule has 1 aliphatic heterocycles. The second kappa shape index (κ2) is 12.6. The molecule has 12 nitrogen and oxygen atoms in total. The monoisotopic (exact) mass is 623 g/mol. The van der Waals surface area contributed by atoms with Crippen LogP contribution >= 0.6 is 0 Å². The fraction of sp³-hybridized carbons (Fsp3) is 0.500. The highest BCUT2D eigenvalue weighted by Gasteiger charge is 2.48. The molecule has 2 aromatic carbocycles. The van der Waals surface area contributed by atoms with Crippen LogP contribution in [0.5, 0.6) is 0 Å². The van der Waals surface area contributed by atoms with Crippen LogP contribution in [0.2, 0.25) is 0 Å². The van der Waals surface area contributed by atoms with Gasteiger partial charge in [0.1, 0.15) is 6.04 Å². The minimum Gasteiger partial charge on any atom is -0.345 e. The molecule has 0 radical (unpaired) electrons. The minimum atomic E-state index is -0.865. The van der Waals surface area contributed by atoms with Crippen LogP contribution in [-0.2, 0) is 23.1 Å². The Bertz CT molecular complexity index is 1600. The Balaban J connectivity index is 1.47. The number of H-pyrrole nitrogens is 1. The van der Waals surface area contributed by atoms with E-state index < -0.39 is 5.41 Å². The van der Waals surface area contributed by atoms with Crippen LogP contribution in [0, 0.1) is 17.2 Å². The molecule has 1 aromatic heterocycles. The lowest BCUT2D eigenvalue weighted by Gasteiger charge is -2.38. The van der Waals surface area contributed by atoms with Gasteiger partial charge in [0.15, 0.2) is 5.82 Å². The standard InChI is InChI=1S/C34H41N9O3/c1-41(2)31(45)24-11-13-27-22(16-24)9-10-23-17-25(32(46)42(3)4)12-14-28(23)34(27,33-37-39-40-38-33)18-29(21-7-8-21)36-20-30(44)43-15-5-6-26(43)19-35/h11-14,16-17,21,26,29,36H,5-10,15,18,20H2,1-4H3,(H,37,38,39,40)/t26-,29+/m0/s1. The molecular formula is C34H41N9O3. The van der Waals surface area contributed by atoms with E-state index in [2.05, 4.69) is 32.0 Å². The van der Waals surface area contributed by atoms with E-state index in [4.69, 9.17) is 0 Å². The van der Waals surface area contributed by atoms with E-state index in [9.17, 15) is 19.6 Å². The third kappa shape index (κ3) is 5.75. The van der Waals surface area contributed by atoms with Crippen molar-refractivity contribution in [3.63, 3.8) is 0 Å². The summed E-state index contributed by atoms with van der Waals surface area (Å²) in [6.07, 6.45) is 5.47. The molecule has 0 spiro atoms. The van der Waals surface area contributed by atoms with Gasteiger partial charge in [-0.3, -0.25) is 14.4 Å². The normalized spacial score (nSPS) is 18.9. The molecule has 2 heterocycles. The van der Waals surface area contributed by atoms with Gasteiger partial charge in [-0.25, -0.2) is 5.10 Å². The van der Waals surface area contributed by atoms with Gasteiger partial charge in [0.05, 0.1) is 18.0 Å². The third-order valence-electron chi connectivity index (χ3n) is 9.80. The summed E-state index contributed by atoms with van der Waals surface area (Å²) in [4.78, 5) is 44.3. The number of tetrazole rings is 1. The van der Waals surface area contributed by atoms with Crippen LogP contribution in [0.4, 0.5) is 0 Å². The van der Waals surface area contributed by atoms with Gasteiger partial charge in [-0.15, -0.1) is 5.10 Å². The number of nitrogens with one attached hydrogen (secondary N) is 2. The van der Waals surface area contributed by atoms with Gasteiger partial charge in [-0.05, 0) is 108 Å². The number of fused-ring (bicyclic) bond motifs is 2. The summed E-state index contributed by atoms with van der Waals surface area (Å²) in [5.74, 6) is 0.696. The Morgan fingerprint density at radius 3 is 2.11 bits per heavy atom. The van der Waals surface area contributed by atoms with Crippen molar-refractivity contribution >= 4 is 17.7 Å². The van der Waals surface area contributed by atoms with Crippen LogP contribution in [-0.4, -0.2) is 106 Å². The number of benzene rings is 2.